The number of hydrogen-bond acceptors (Lipinski definition) is 1. The quantitative estimate of drug-likeness (QED) is 0.847. The molecule has 0 spiro atoms. The van der Waals surface area contributed by atoms with Crippen molar-refractivity contribution in [3.8, 4) is 0 Å². The minimum atomic E-state index is 0.455. The van der Waals surface area contributed by atoms with Gasteiger partial charge in [0.2, 0.25) is 0 Å². The van der Waals surface area contributed by atoms with Crippen molar-refractivity contribution in [2.45, 2.75) is 39.2 Å². The van der Waals surface area contributed by atoms with Crippen molar-refractivity contribution in [1.82, 2.24) is 5.32 Å². The van der Waals surface area contributed by atoms with Crippen LogP contribution in [0.25, 0.3) is 0 Å². The molecule has 1 N–H and O–H groups in total. The summed E-state index contributed by atoms with van der Waals surface area (Å²) in [7, 11) is 0. The third-order valence-corrected chi connectivity index (χ3v) is 4.67. The molecule has 104 valence electrons. The first kappa shape index (κ1) is 13.4. The van der Waals surface area contributed by atoms with Crippen LogP contribution in [0.15, 0.2) is 42.5 Å². The zero-order chi connectivity index (χ0) is 14.1. The second kappa shape index (κ2) is 5.41. The topological polar surface area (TPSA) is 12.0 Å². The molecule has 0 radical (unpaired) electrons. The summed E-state index contributed by atoms with van der Waals surface area (Å²) in [5.74, 6) is 0.594. The van der Waals surface area contributed by atoms with Gasteiger partial charge in [-0.2, -0.15) is 0 Å². The normalized spacial score (nSPS) is 22.1. The summed E-state index contributed by atoms with van der Waals surface area (Å²) in [5.41, 5.74) is 7.12. The Morgan fingerprint density at radius 3 is 2.35 bits per heavy atom. The predicted molar refractivity (Wildman–Crippen MR) is 85.2 cm³/mol. The maximum Gasteiger partial charge on any atom is 0.0392 e. The van der Waals surface area contributed by atoms with Crippen molar-refractivity contribution in [2.24, 2.45) is 0 Å². The summed E-state index contributed by atoms with van der Waals surface area (Å²) in [5, 5.41) is 3.71. The minimum absolute atomic E-state index is 0.455. The molecule has 2 atom stereocenters. The van der Waals surface area contributed by atoms with E-state index in [1.807, 2.05) is 0 Å². The van der Waals surface area contributed by atoms with Gasteiger partial charge in [0.25, 0.3) is 0 Å². The fraction of sp³-hybridized carbons (Fsp3) is 0.368. The number of nitrogens with one attached hydrogen (secondary N) is 1. The monoisotopic (exact) mass is 265 g/mol. The highest BCUT2D eigenvalue weighted by Gasteiger charge is 2.30. The summed E-state index contributed by atoms with van der Waals surface area (Å²) in [6.07, 6.45) is 1.22. The van der Waals surface area contributed by atoms with Gasteiger partial charge < -0.3 is 5.32 Å². The highest BCUT2D eigenvalue weighted by Crippen LogP contribution is 2.39. The molecule has 1 fully saturated rings. The van der Waals surface area contributed by atoms with E-state index >= 15 is 0 Å². The Labute approximate surface area is 122 Å². The molecule has 20 heavy (non-hydrogen) atoms. The number of rotatable bonds is 2. The molecule has 2 aromatic rings. The Kier molecular flexibility index (Phi) is 3.62. The van der Waals surface area contributed by atoms with Crippen molar-refractivity contribution < 1.29 is 0 Å². The second-order valence-electron chi connectivity index (χ2n) is 6.03. The summed E-state index contributed by atoms with van der Waals surface area (Å²) in [4.78, 5) is 0. The van der Waals surface area contributed by atoms with Gasteiger partial charge in [-0.25, -0.2) is 0 Å². The molecular formula is C19H23N. The molecule has 3 rings (SSSR count). The molecule has 0 bridgehead atoms. The highest BCUT2D eigenvalue weighted by molar-refractivity contribution is 5.40. The van der Waals surface area contributed by atoms with Crippen LogP contribution in [0.4, 0.5) is 0 Å². The lowest BCUT2D eigenvalue weighted by molar-refractivity contribution is 0.574. The SMILES string of the molecule is Cc1cc(C)c(C2NCCC2c2ccccc2)cc1C. The average Bonchev–Trinajstić information content (AvgIpc) is 2.93. The van der Waals surface area contributed by atoms with E-state index in [0.717, 1.165) is 6.54 Å². The van der Waals surface area contributed by atoms with Gasteiger partial charge in [-0.15, -0.1) is 0 Å². The van der Waals surface area contributed by atoms with E-state index in [-0.39, 0.29) is 0 Å². The minimum Gasteiger partial charge on any atom is -0.309 e. The first-order chi connectivity index (χ1) is 9.66. The van der Waals surface area contributed by atoms with E-state index in [2.05, 4.69) is 68.6 Å². The van der Waals surface area contributed by atoms with E-state index in [0.29, 0.717) is 12.0 Å². The highest BCUT2D eigenvalue weighted by atomic mass is 15.0. The van der Waals surface area contributed by atoms with Gasteiger partial charge in [-0.1, -0.05) is 42.5 Å². The molecule has 1 saturated heterocycles. The standard InChI is InChI=1S/C19H23N/c1-13-11-15(3)18(12-14(13)2)19-17(9-10-20-19)16-7-5-4-6-8-16/h4-8,11-12,17,19-20H,9-10H2,1-3H3. The maximum absolute atomic E-state index is 3.71. The van der Waals surface area contributed by atoms with Gasteiger partial charge >= 0.3 is 0 Å². The van der Waals surface area contributed by atoms with Gasteiger partial charge in [0, 0.05) is 12.0 Å². The van der Waals surface area contributed by atoms with Crippen LogP contribution in [0.2, 0.25) is 0 Å². The fourth-order valence-corrected chi connectivity index (χ4v) is 3.41. The zero-order valence-corrected chi connectivity index (χ0v) is 12.6. The molecule has 2 unspecified atom stereocenters. The summed E-state index contributed by atoms with van der Waals surface area (Å²) in [6, 6.07) is 16.1. The van der Waals surface area contributed by atoms with Gasteiger partial charge in [0.05, 0.1) is 0 Å². The summed E-state index contributed by atoms with van der Waals surface area (Å²) >= 11 is 0. The molecule has 0 aromatic heterocycles. The van der Waals surface area contributed by atoms with E-state index < -0.39 is 0 Å². The van der Waals surface area contributed by atoms with Crippen LogP contribution in [0.5, 0.6) is 0 Å². The molecular weight excluding hydrogens is 242 g/mol. The lowest BCUT2D eigenvalue weighted by Crippen LogP contribution is -2.18. The van der Waals surface area contributed by atoms with Crippen molar-refractivity contribution in [3.63, 3.8) is 0 Å². The lowest BCUT2D eigenvalue weighted by atomic mass is 9.85. The Balaban J connectivity index is 1.99. The lowest BCUT2D eigenvalue weighted by Gasteiger charge is -2.23. The molecule has 1 aliphatic heterocycles. The van der Waals surface area contributed by atoms with Crippen LogP contribution in [-0.4, -0.2) is 6.54 Å². The summed E-state index contributed by atoms with van der Waals surface area (Å²) in [6.45, 7) is 7.76. The van der Waals surface area contributed by atoms with Crippen LogP contribution in [-0.2, 0) is 0 Å². The molecule has 1 heteroatoms. The van der Waals surface area contributed by atoms with Gasteiger partial charge in [0.15, 0.2) is 0 Å². The average molecular weight is 265 g/mol. The first-order valence-corrected chi connectivity index (χ1v) is 7.53. The molecule has 1 nitrogen and oxygen atoms in total. The number of benzene rings is 2. The zero-order valence-electron chi connectivity index (χ0n) is 12.6. The smallest absolute Gasteiger partial charge is 0.0392 e. The van der Waals surface area contributed by atoms with Gasteiger partial charge in [-0.05, 0) is 61.6 Å². The molecule has 2 aromatic carbocycles. The van der Waals surface area contributed by atoms with E-state index in [1.165, 1.54) is 34.2 Å². The summed E-state index contributed by atoms with van der Waals surface area (Å²) < 4.78 is 0. The van der Waals surface area contributed by atoms with Crippen LogP contribution in [0, 0.1) is 20.8 Å². The van der Waals surface area contributed by atoms with Crippen molar-refractivity contribution >= 4 is 0 Å². The van der Waals surface area contributed by atoms with E-state index in [1.54, 1.807) is 0 Å². The molecule has 1 heterocycles. The molecule has 0 saturated carbocycles. The maximum atomic E-state index is 3.71. The molecule has 0 aliphatic carbocycles. The van der Waals surface area contributed by atoms with Crippen molar-refractivity contribution in [1.29, 1.82) is 0 Å². The second-order valence-corrected chi connectivity index (χ2v) is 6.03. The largest absolute Gasteiger partial charge is 0.309 e. The Morgan fingerprint density at radius 1 is 0.900 bits per heavy atom. The number of aryl methyl sites for hydroxylation is 3. The van der Waals surface area contributed by atoms with Crippen LogP contribution >= 0.6 is 0 Å². The fourth-order valence-electron chi connectivity index (χ4n) is 3.41. The van der Waals surface area contributed by atoms with Crippen molar-refractivity contribution in [3.05, 3.63) is 70.3 Å². The van der Waals surface area contributed by atoms with Gasteiger partial charge in [-0.3, -0.25) is 0 Å². The first-order valence-electron chi connectivity index (χ1n) is 7.53. The Hall–Kier alpha value is -1.60. The van der Waals surface area contributed by atoms with Crippen molar-refractivity contribution in [2.75, 3.05) is 6.54 Å². The van der Waals surface area contributed by atoms with E-state index in [9.17, 15) is 0 Å². The van der Waals surface area contributed by atoms with Crippen LogP contribution in [0.3, 0.4) is 0 Å². The van der Waals surface area contributed by atoms with E-state index in [4.69, 9.17) is 0 Å². The third kappa shape index (κ3) is 2.38. The van der Waals surface area contributed by atoms with Crippen LogP contribution in [0.1, 0.15) is 46.2 Å². The van der Waals surface area contributed by atoms with Crippen LogP contribution < -0.4 is 5.32 Å². The predicted octanol–water partition coefficient (Wildman–Crippen LogP) is 4.43. The third-order valence-electron chi connectivity index (χ3n) is 4.67. The molecule has 1 aliphatic rings. The Bertz CT molecular complexity index is 601. The number of hydrogen-bond donors (Lipinski definition) is 1. The molecule has 0 amide bonds. The van der Waals surface area contributed by atoms with Gasteiger partial charge in [0.1, 0.15) is 0 Å². The Morgan fingerprint density at radius 2 is 1.60 bits per heavy atom.